The maximum Gasteiger partial charge on any atom is 0.240 e. The number of ether oxygens (including phenoxy) is 1. The van der Waals surface area contributed by atoms with Crippen molar-refractivity contribution in [3.8, 4) is 5.88 Å². The van der Waals surface area contributed by atoms with E-state index < -0.39 is 15.8 Å². The van der Waals surface area contributed by atoms with Crippen LogP contribution in [0.25, 0.3) is 0 Å². The van der Waals surface area contributed by atoms with E-state index in [1.165, 1.54) is 18.3 Å². The molecule has 8 heteroatoms. The topological polar surface area (TPSA) is 68.3 Å². The maximum absolute atomic E-state index is 12.9. The van der Waals surface area contributed by atoms with Crippen molar-refractivity contribution in [3.63, 3.8) is 0 Å². The van der Waals surface area contributed by atoms with Crippen molar-refractivity contribution in [1.82, 2.24) is 9.71 Å². The number of halogens is 2. The first-order valence-electron chi connectivity index (χ1n) is 7.98. The molecular formula is C17H18ClFN2O3S. The normalized spacial score (nSPS) is 21.0. The van der Waals surface area contributed by atoms with Gasteiger partial charge in [-0.2, -0.15) is 0 Å². The third-order valence-corrected chi connectivity index (χ3v) is 5.87. The molecule has 0 spiro atoms. The molecule has 0 amide bonds. The average molecular weight is 385 g/mol. The standard InChI is InChI=1S/C17H18ClFN2O3S/c18-12-1-10-17(20-11-12)24-15-6-4-14(5-7-15)21-25(22,23)16-8-2-13(19)3-9-16/h1-3,8-11,14-15,21H,4-7H2. The third kappa shape index (κ3) is 4.90. The Morgan fingerprint density at radius 2 is 1.76 bits per heavy atom. The van der Waals surface area contributed by atoms with Gasteiger partial charge < -0.3 is 4.74 Å². The van der Waals surface area contributed by atoms with Gasteiger partial charge in [-0.15, -0.1) is 0 Å². The minimum atomic E-state index is -3.64. The average Bonchev–Trinajstić information content (AvgIpc) is 2.59. The molecule has 1 fully saturated rings. The molecule has 0 aliphatic heterocycles. The summed E-state index contributed by atoms with van der Waals surface area (Å²) in [6.07, 6.45) is 4.30. The summed E-state index contributed by atoms with van der Waals surface area (Å²) in [5, 5.41) is 0.547. The lowest BCUT2D eigenvalue weighted by molar-refractivity contribution is 0.138. The summed E-state index contributed by atoms with van der Waals surface area (Å²) in [7, 11) is -3.64. The molecule has 134 valence electrons. The second kappa shape index (κ2) is 7.68. The van der Waals surface area contributed by atoms with Gasteiger partial charge in [-0.3, -0.25) is 0 Å². The fraction of sp³-hybridized carbons (Fsp3) is 0.353. The van der Waals surface area contributed by atoms with Crippen molar-refractivity contribution in [1.29, 1.82) is 0 Å². The Morgan fingerprint density at radius 3 is 2.36 bits per heavy atom. The van der Waals surface area contributed by atoms with E-state index in [0.717, 1.165) is 25.0 Å². The highest BCUT2D eigenvalue weighted by Crippen LogP contribution is 2.24. The van der Waals surface area contributed by atoms with E-state index in [0.29, 0.717) is 23.7 Å². The molecule has 0 unspecified atom stereocenters. The molecule has 0 atom stereocenters. The largest absolute Gasteiger partial charge is 0.474 e. The molecule has 0 radical (unpaired) electrons. The summed E-state index contributed by atoms with van der Waals surface area (Å²) in [4.78, 5) is 4.17. The van der Waals surface area contributed by atoms with E-state index in [1.807, 2.05) is 0 Å². The van der Waals surface area contributed by atoms with Crippen LogP contribution < -0.4 is 9.46 Å². The molecule has 5 nitrogen and oxygen atoms in total. The minimum absolute atomic E-state index is 0.000232. The molecule has 1 aromatic heterocycles. The molecule has 1 heterocycles. The Kier molecular flexibility index (Phi) is 5.56. The Morgan fingerprint density at radius 1 is 1.08 bits per heavy atom. The Labute approximate surface area is 151 Å². The first kappa shape index (κ1) is 18.1. The Hall–Kier alpha value is -1.70. The number of rotatable bonds is 5. The number of nitrogens with zero attached hydrogens (tertiary/aromatic N) is 1. The second-order valence-electron chi connectivity index (χ2n) is 5.98. The molecule has 0 saturated heterocycles. The lowest BCUT2D eigenvalue weighted by Gasteiger charge is -2.29. The van der Waals surface area contributed by atoms with Gasteiger partial charge in [0.2, 0.25) is 15.9 Å². The summed E-state index contributed by atoms with van der Waals surface area (Å²) in [5.74, 6) is 0.0483. The van der Waals surface area contributed by atoms with Gasteiger partial charge in [0.25, 0.3) is 0 Å². The molecular weight excluding hydrogens is 367 g/mol. The first-order valence-corrected chi connectivity index (χ1v) is 9.84. The van der Waals surface area contributed by atoms with Crippen molar-refractivity contribution in [2.45, 2.75) is 42.7 Å². The number of benzene rings is 1. The summed E-state index contributed by atoms with van der Waals surface area (Å²) >= 11 is 5.79. The third-order valence-electron chi connectivity index (χ3n) is 4.11. The van der Waals surface area contributed by atoms with Gasteiger partial charge in [-0.05, 0) is 56.0 Å². The van der Waals surface area contributed by atoms with Crippen LogP contribution in [-0.2, 0) is 10.0 Å². The van der Waals surface area contributed by atoms with Crippen LogP contribution in [0.15, 0.2) is 47.5 Å². The fourth-order valence-corrected chi connectivity index (χ4v) is 4.22. The van der Waals surface area contributed by atoms with E-state index in [2.05, 4.69) is 9.71 Å². The molecule has 1 saturated carbocycles. The zero-order valence-electron chi connectivity index (χ0n) is 13.4. The number of hydrogen-bond donors (Lipinski definition) is 1. The number of sulfonamides is 1. The zero-order chi connectivity index (χ0) is 17.9. The highest BCUT2D eigenvalue weighted by atomic mass is 35.5. The van der Waals surface area contributed by atoms with E-state index in [9.17, 15) is 12.8 Å². The van der Waals surface area contributed by atoms with Crippen LogP contribution in [-0.4, -0.2) is 25.5 Å². The van der Waals surface area contributed by atoms with Gasteiger partial charge in [-0.1, -0.05) is 11.6 Å². The van der Waals surface area contributed by atoms with E-state index in [-0.39, 0.29) is 17.0 Å². The fourth-order valence-electron chi connectivity index (χ4n) is 2.80. The van der Waals surface area contributed by atoms with Gasteiger partial charge in [0, 0.05) is 18.3 Å². The molecule has 1 aliphatic rings. The molecule has 1 aliphatic carbocycles. The maximum atomic E-state index is 12.9. The monoisotopic (exact) mass is 384 g/mol. The highest BCUT2D eigenvalue weighted by Gasteiger charge is 2.26. The van der Waals surface area contributed by atoms with Crippen molar-refractivity contribution in [3.05, 3.63) is 53.4 Å². The van der Waals surface area contributed by atoms with Crippen molar-refractivity contribution in [2.75, 3.05) is 0 Å². The highest BCUT2D eigenvalue weighted by molar-refractivity contribution is 7.89. The predicted octanol–water partition coefficient (Wildman–Crippen LogP) is 3.54. The molecule has 1 aromatic carbocycles. The van der Waals surface area contributed by atoms with Gasteiger partial charge in [0.15, 0.2) is 0 Å². The Balaban J connectivity index is 1.53. The SMILES string of the molecule is O=S(=O)(NC1CCC(Oc2ccc(Cl)cn2)CC1)c1ccc(F)cc1. The molecule has 0 bridgehead atoms. The van der Waals surface area contributed by atoms with Crippen molar-refractivity contribution >= 4 is 21.6 Å². The van der Waals surface area contributed by atoms with Crippen molar-refractivity contribution < 1.29 is 17.5 Å². The van der Waals surface area contributed by atoms with Crippen LogP contribution in [0.4, 0.5) is 4.39 Å². The summed E-state index contributed by atoms with van der Waals surface area (Å²) in [6, 6.07) is 8.07. The lowest BCUT2D eigenvalue weighted by Crippen LogP contribution is -2.39. The minimum Gasteiger partial charge on any atom is -0.474 e. The predicted molar refractivity (Wildman–Crippen MR) is 92.6 cm³/mol. The van der Waals surface area contributed by atoms with Crippen LogP contribution >= 0.6 is 11.6 Å². The van der Waals surface area contributed by atoms with E-state index in [1.54, 1.807) is 12.1 Å². The van der Waals surface area contributed by atoms with E-state index >= 15 is 0 Å². The molecule has 1 N–H and O–H groups in total. The number of pyridine rings is 1. The lowest BCUT2D eigenvalue weighted by atomic mass is 9.94. The van der Waals surface area contributed by atoms with Gasteiger partial charge >= 0.3 is 0 Å². The van der Waals surface area contributed by atoms with Crippen LogP contribution in [0.1, 0.15) is 25.7 Å². The summed E-state index contributed by atoms with van der Waals surface area (Å²) in [5.41, 5.74) is 0. The number of aromatic nitrogens is 1. The summed E-state index contributed by atoms with van der Waals surface area (Å²) < 4.78 is 46.1. The molecule has 25 heavy (non-hydrogen) atoms. The van der Waals surface area contributed by atoms with Gasteiger partial charge in [0.1, 0.15) is 11.9 Å². The van der Waals surface area contributed by atoms with Crippen LogP contribution in [0, 0.1) is 5.82 Å². The van der Waals surface area contributed by atoms with E-state index in [4.69, 9.17) is 16.3 Å². The number of nitrogens with one attached hydrogen (secondary N) is 1. The first-order chi connectivity index (χ1) is 11.9. The quantitative estimate of drug-likeness (QED) is 0.856. The number of hydrogen-bond acceptors (Lipinski definition) is 4. The summed E-state index contributed by atoms with van der Waals surface area (Å²) in [6.45, 7) is 0. The Bertz CT molecular complexity index is 805. The second-order valence-corrected chi connectivity index (χ2v) is 8.13. The van der Waals surface area contributed by atoms with Crippen LogP contribution in [0.2, 0.25) is 5.02 Å². The zero-order valence-corrected chi connectivity index (χ0v) is 14.9. The molecule has 3 rings (SSSR count). The smallest absolute Gasteiger partial charge is 0.240 e. The van der Waals surface area contributed by atoms with Crippen LogP contribution in [0.5, 0.6) is 5.88 Å². The van der Waals surface area contributed by atoms with Gasteiger partial charge in [0.05, 0.1) is 9.92 Å². The van der Waals surface area contributed by atoms with Crippen LogP contribution in [0.3, 0.4) is 0 Å². The van der Waals surface area contributed by atoms with Crippen molar-refractivity contribution in [2.24, 2.45) is 0 Å². The van der Waals surface area contributed by atoms with Gasteiger partial charge in [-0.25, -0.2) is 22.5 Å². The molecule has 2 aromatic rings.